The minimum atomic E-state index is -0.295. The maximum absolute atomic E-state index is 12.3. The number of piperidine rings is 1. The van der Waals surface area contributed by atoms with Gasteiger partial charge in [0.2, 0.25) is 5.91 Å². The van der Waals surface area contributed by atoms with Gasteiger partial charge in [-0.05, 0) is 26.7 Å². The van der Waals surface area contributed by atoms with Crippen molar-refractivity contribution in [2.24, 2.45) is 5.92 Å². The molecule has 3 amide bonds. The van der Waals surface area contributed by atoms with Crippen LogP contribution >= 0.6 is 11.8 Å². The molecule has 0 aromatic heterocycles. The molecular formula is C16H26N3O5S+. The molecule has 2 aliphatic rings. The highest BCUT2D eigenvalue weighted by Gasteiger charge is 2.35. The number of ether oxygens (including phenoxy) is 1. The number of nitrogens with zero attached hydrogens (tertiary/aromatic N) is 1. The molecule has 2 saturated heterocycles. The third-order valence-electron chi connectivity index (χ3n) is 4.66. The van der Waals surface area contributed by atoms with Crippen LogP contribution in [-0.2, 0) is 19.1 Å². The molecule has 2 N–H and O–H groups in total. The van der Waals surface area contributed by atoms with E-state index in [1.165, 1.54) is 4.90 Å². The van der Waals surface area contributed by atoms with Gasteiger partial charge in [0.05, 0.1) is 25.4 Å². The van der Waals surface area contributed by atoms with Gasteiger partial charge in [-0.3, -0.25) is 24.1 Å². The molecule has 9 heteroatoms. The molecule has 2 fully saturated rings. The van der Waals surface area contributed by atoms with Crippen LogP contribution in [0.4, 0.5) is 4.79 Å². The standard InChI is InChI=1S/C16H25N3O5S/c1-3-24-15(22)12-5-4-7-18(9-12)11(2)14(21)17-6-8-19-13(20)10-25-16(19)23/h11-12H,3-10H2,1-2H3,(H,17,21)/p+1/t11-,12-/m0/s1. The van der Waals surface area contributed by atoms with Gasteiger partial charge in [-0.15, -0.1) is 0 Å². The number of hydrogen-bond donors (Lipinski definition) is 2. The molecule has 0 aliphatic carbocycles. The Labute approximate surface area is 151 Å². The number of likely N-dealkylation sites (tertiary alicyclic amines) is 1. The Hall–Kier alpha value is -1.61. The molecule has 0 radical (unpaired) electrons. The number of carbonyl (C=O) groups is 4. The van der Waals surface area contributed by atoms with E-state index < -0.39 is 0 Å². The molecule has 0 aromatic carbocycles. The van der Waals surface area contributed by atoms with Gasteiger partial charge in [-0.25, -0.2) is 0 Å². The second-order valence-corrected chi connectivity index (χ2v) is 7.24. The topological polar surface area (TPSA) is 97.2 Å². The average Bonchev–Trinajstić information content (AvgIpc) is 2.93. The zero-order chi connectivity index (χ0) is 18.4. The number of hydrogen-bond acceptors (Lipinski definition) is 6. The lowest BCUT2D eigenvalue weighted by Crippen LogP contribution is -3.18. The van der Waals surface area contributed by atoms with Gasteiger partial charge in [0.15, 0.2) is 6.04 Å². The number of amides is 3. The lowest BCUT2D eigenvalue weighted by molar-refractivity contribution is -0.921. The van der Waals surface area contributed by atoms with Crippen molar-refractivity contribution >= 4 is 34.8 Å². The van der Waals surface area contributed by atoms with Crippen molar-refractivity contribution in [1.82, 2.24) is 10.2 Å². The summed E-state index contributed by atoms with van der Waals surface area (Å²) < 4.78 is 5.09. The summed E-state index contributed by atoms with van der Waals surface area (Å²) in [5, 5.41) is 2.53. The van der Waals surface area contributed by atoms with Gasteiger partial charge < -0.3 is 15.0 Å². The first-order chi connectivity index (χ1) is 11.9. The van der Waals surface area contributed by atoms with E-state index in [4.69, 9.17) is 4.74 Å². The van der Waals surface area contributed by atoms with Gasteiger partial charge in [-0.2, -0.15) is 0 Å². The lowest BCUT2D eigenvalue weighted by Gasteiger charge is -2.32. The lowest BCUT2D eigenvalue weighted by atomic mass is 9.97. The number of imide groups is 1. The second kappa shape index (κ2) is 9.19. The van der Waals surface area contributed by atoms with E-state index in [1.807, 2.05) is 6.92 Å². The van der Waals surface area contributed by atoms with Crippen molar-refractivity contribution in [2.75, 3.05) is 38.5 Å². The van der Waals surface area contributed by atoms with Crippen molar-refractivity contribution in [3.05, 3.63) is 0 Å². The molecule has 2 heterocycles. The zero-order valence-corrected chi connectivity index (χ0v) is 15.5. The van der Waals surface area contributed by atoms with Crippen LogP contribution in [0.1, 0.15) is 26.7 Å². The SMILES string of the molecule is CCOC(=O)[C@H]1CCC[NH+]([C@@H](C)C(=O)NCCN2C(=O)CSC2=O)C1. The van der Waals surface area contributed by atoms with Gasteiger partial charge in [0, 0.05) is 13.1 Å². The highest BCUT2D eigenvalue weighted by molar-refractivity contribution is 8.14. The number of nitrogens with one attached hydrogen (secondary N) is 2. The Morgan fingerprint density at radius 1 is 1.44 bits per heavy atom. The van der Waals surface area contributed by atoms with E-state index in [9.17, 15) is 19.2 Å². The monoisotopic (exact) mass is 372 g/mol. The molecule has 1 unspecified atom stereocenters. The first kappa shape index (κ1) is 19.7. The van der Waals surface area contributed by atoms with Gasteiger partial charge >= 0.3 is 5.97 Å². The maximum atomic E-state index is 12.3. The number of thioether (sulfide) groups is 1. The third-order valence-corrected chi connectivity index (χ3v) is 5.52. The van der Waals surface area contributed by atoms with Gasteiger partial charge in [0.25, 0.3) is 11.1 Å². The summed E-state index contributed by atoms with van der Waals surface area (Å²) in [6, 6.07) is -0.295. The normalized spacial score (nSPS) is 25.0. The minimum absolute atomic E-state index is 0.133. The second-order valence-electron chi connectivity index (χ2n) is 6.32. The van der Waals surface area contributed by atoms with Gasteiger partial charge in [0.1, 0.15) is 5.92 Å². The fourth-order valence-electron chi connectivity index (χ4n) is 3.18. The van der Waals surface area contributed by atoms with E-state index in [-0.39, 0.29) is 53.8 Å². The summed E-state index contributed by atoms with van der Waals surface area (Å²) in [5.41, 5.74) is 0. The van der Waals surface area contributed by atoms with E-state index in [0.29, 0.717) is 13.2 Å². The fourth-order valence-corrected chi connectivity index (χ4v) is 3.93. The van der Waals surface area contributed by atoms with Crippen molar-refractivity contribution in [1.29, 1.82) is 0 Å². The summed E-state index contributed by atoms with van der Waals surface area (Å²) in [5.74, 6) is -0.509. The van der Waals surface area contributed by atoms with E-state index in [0.717, 1.165) is 36.0 Å². The Bertz CT molecular complexity index is 526. The van der Waals surface area contributed by atoms with Gasteiger partial charge in [-0.1, -0.05) is 11.8 Å². The van der Waals surface area contributed by atoms with Crippen LogP contribution in [0.15, 0.2) is 0 Å². The molecule has 0 saturated carbocycles. The molecule has 2 rings (SSSR count). The Balaban J connectivity index is 1.78. The first-order valence-corrected chi connectivity index (χ1v) is 9.68. The zero-order valence-electron chi connectivity index (χ0n) is 14.7. The molecule has 8 nitrogen and oxygen atoms in total. The van der Waals surface area contributed by atoms with Crippen LogP contribution in [0.3, 0.4) is 0 Å². The van der Waals surface area contributed by atoms with Crippen molar-refractivity contribution in [2.45, 2.75) is 32.7 Å². The predicted octanol–water partition coefficient (Wildman–Crippen LogP) is -0.955. The average molecular weight is 372 g/mol. The first-order valence-electron chi connectivity index (χ1n) is 8.70. The molecule has 2 aliphatic heterocycles. The van der Waals surface area contributed by atoms with Crippen molar-refractivity contribution in [3.8, 4) is 0 Å². The smallest absolute Gasteiger partial charge is 0.314 e. The third kappa shape index (κ3) is 5.18. The molecule has 3 atom stereocenters. The predicted molar refractivity (Wildman–Crippen MR) is 92.1 cm³/mol. The van der Waals surface area contributed by atoms with Crippen LogP contribution in [0.5, 0.6) is 0 Å². The quantitative estimate of drug-likeness (QED) is 0.559. The van der Waals surface area contributed by atoms with Crippen LogP contribution in [-0.4, -0.2) is 72.5 Å². The molecular weight excluding hydrogens is 346 g/mol. The van der Waals surface area contributed by atoms with Crippen molar-refractivity contribution < 1.29 is 28.8 Å². The summed E-state index contributed by atoms with van der Waals surface area (Å²) in [6.45, 7) is 5.86. The Morgan fingerprint density at radius 3 is 2.84 bits per heavy atom. The van der Waals surface area contributed by atoms with E-state index in [2.05, 4.69) is 5.32 Å². The van der Waals surface area contributed by atoms with Crippen LogP contribution in [0.25, 0.3) is 0 Å². The highest BCUT2D eigenvalue weighted by atomic mass is 32.2. The molecule has 25 heavy (non-hydrogen) atoms. The van der Waals surface area contributed by atoms with Crippen LogP contribution in [0, 0.1) is 5.92 Å². The van der Waals surface area contributed by atoms with Crippen LogP contribution < -0.4 is 10.2 Å². The summed E-state index contributed by atoms with van der Waals surface area (Å²) >= 11 is 0.985. The summed E-state index contributed by atoms with van der Waals surface area (Å²) in [4.78, 5) is 49.5. The Morgan fingerprint density at radius 2 is 2.20 bits per heavy atom. The van der Waals surface area contributed by atoms with Crippen LogP contribution in [0.2, 0.25) is 0 Å². The van der Waals surface area contributed by atoms with Crippen molar-refractivity contribution in [3.63, 3.8) is 0 Å². The van der Waals surface area contributed by atoms with E-state index in [1.54, 1.807) is 6.92 Å². The minimum Gasteiger partial charge on any atom is -0.466 e. The number of esters is 1. The number of carbonyl (C=O) groups excluding carboxylic acids is 4. The molecule has 0 bridgehead atoms. The maximum Gasteiger partial charge on any atom is 0.314 e. The summed E-state index contributed by atoms with van der Waals surface area (Å²) in [7, 11) is 0. The highest BCUT2D eigenvalue weighted by Crippen LogP contribution is 2.17. The molecule has 0 spiro atoms. The molecule has 140 valence electrons. The van der Waals surface area contributed by atoms with E-state index >= 15 is 0 Å². The largest absolute Gasteiger partial charge is 0.466 e. The fraction of sp³-hybridized carbons (Fsp3) is 0.750. The summed E-state index contributed by atoms with van der Waals surface area (Å²) in [6.07, 6.45) is 1.68. The number of rotatable bonds is 7. The Kier molecular flexibility index (Phi) is 7.24. The molecule has 0 aromatic rings. The number of quaternary nitrogens is 1.